The lowest BCUT2D eigenvalue weighted by Crippen LogP contribution is -2.09. The Morgan fingerprint density at radius 3 is 2.53 bits per heavy atom. The van der Waals surface area contributed by atoms with Gasteiger partial charge in [-0.3, -0.25) is 9.78 Å². The van der Waals surface area contributed by atoms with Gasteiger partial charge in [0, 0.05) is 24.0 Å². The van der Waals surface area contributed by atoms with E-state index in [4.69, 9.17) is 5.11 Å². The molecule has 1 aromatic rings. The lowest BCUT2D eigenvalue weighted by molar-refractivity contribution is -0.146. The van der Waals surface area contributed by atoms with E-state index in [0.29, 0.717) is 11.6 Å². The Labute approximate surface area is 85.7 Å². The lowest BCUT2D eigenvalue weighted by atomic mass is 10.1. The molecule has 0 unspecified atom stereocenters. The van der Waals surface area contributed by atoms with Crippen LogP contribution in [-0.2, 0) is 9.59 Å². The van der Waals surface area contributed by atoms with Gasteiger partial charge in [-0.15, -0.1) is 0 Å². The van der Waals surface area contributed by atoms with Gasteiger partial charge in [-0.25, -0.2) is 4.79 Å². The summed E-state index contributed by atoms with van der Waals surface area (Å²) in [6.45, 7) is 1.77. The summed E-state index contributed by atoms with van der Waals surface area (Å²) in [5.41, 5.74) is 1.11. The Morgan fingerprint density at radius 2 is 2.00 bits per heavy atom. The first kappa shape index (κ1) is 10.9. The Kier molecular flexibility index (Phi) is 3.17. The fourth-order valence-electron chi connectivity index (χ4n) is 0.964. The van der Waals surface area contributed by atoms with Crippen LogP contribution in [0.3, 0.4) is 0 Å². The zero-order valence-corrected chi connectivity index (χ0v) is 7.97. The number of carbonyl (C=O) groups is 2. The molecule has 0 saturated heterocycles. The van der Waals surface area contributed by atoms with Crippen molar-refractivity contribution in [1.82, 2.24) is 4.98 Å². The predicted octanol–water partition coefficient (Wildman–Crippen LogP) is 0.943. The van der Waals surface area contributed by atoms with Gasteiger partial charge in [-0.05, 0) is 18.6 Å². The van der Waals surface area contributed by atoms with E-state index in [0.717, 1.165) is 5.56 Å². The van der Waals surface area contributed by atoms with Crippen molar-refractivity contribution in [3.63, 3.8) is 0 Å². The highest BCUT2D eigenvalue weighted by Crippen LogP contribution is 2.11. The van der Waals surface area contributed by atoms with Gasteiger partial charge in [0.25, 0.3) is 5.78 Å². The van der Waals surface area contributed by atoms with Crippen LogP contribution in [-0.4, -0.2) is 26.9 Å². The summed E-state index contributed by atoms with van der Waals surface area (Å²) >= 11 is 0. The predicted molar refractivity (Wildman–Crippen MR) is 52.2 cm³/mol. The molecule has 15 heavy (non-hydrogen) atoms. The molecule has 0 saturated carbocycles. The number of carbonyl (C=O) groups excluding carboxylic acids is 1. The van der Waals surface area contributed by atoms with Gasteiger partial charge < -0.3 is 10.2 Å². The fraction of sp³-hybridized carbons (Fsp3) is 0.100. The molecule has 0 aromatic carbocycles. The second-order valence-corrected chi connectivity index (χ2v) is 2.95. The third-order valence-electron chi connectivity index (χ3n) is 1.65. The maximum atomic E-state index is 10.8. The minimum Gasteiger partial charge on any atom is -0.507 e. The molecule has 0 aliphatic rings. The number of hydrogen-bond acceptors (Lipinski definition) is 4. The molecular weight excluding hydrogens is 198 g/mol. The molecule has 1 aromatic heterocycles. The van der Waals surface area contributed by atoms with Crippen molar-refractivity contribution in [3.05, 3.63) is 35.7 Å². The third kappa shape index (κ3) is 2.91. The molecule has 5 nitrogen and oxygen atoms in total. The number of aliphatic hydroxyl groups is 1. The van der Waals surface area contributed by atoms with Crippen molar-refractivity contribution in [2.24, 2.45) is 0 Å². The molecule has 0 bridgehead atoms. The largest absolute Gasteiger partial charge is 0.507 e. The number of nitrogens with zero attached hydrogens (tertiary/aromatic N) is 1. The van der Waals surface area contributed by atoms with E-state index >= 15 is 0 Å². The van der Waals surface area contributed by atoms with Crippen LogP contribution >= 0.6 is 0 Å². The van der Waals surface area contributed by atoms with E-state index < -0.39 is 17.5 Å². The molecule has 1 rings (SSSR count). The average molecular weight is 207 g/mol. The number of aryl methyl sites for hydroxylation is 1. The Balaban J connectivity index is 2.99. The number of carboxylic acid groups (broad SMARTS) is 1. The van der Waals surface area contributed by atoms with Gasteiger partial charge in [0.1, 0.15) is 5.76 Å². The van der Waals surface area contributed by atoms with E-state index in [1.54, 1.807) is 19.2 Å². The fourth-order valence-corrected chi connectivity index (χ4v) is 0.964. The first-order valence-electron chi connectivity index (χ1n) is 4.10. The van der Waals surface area contributed by atoms with Crippen molar-refractivity contribution >= 4 is 17.5 Å². The number of aliphatic carboxylic acids is 1. The zero-order chi connectivity index (χ0) is 11.4. The molecule has 0 radical (unpaired) electrons. The molecule has 0 spiro atoms. The summed E-state index contributed by atoms with van der Waals surface area (Å²) in [6, 6.07) is 1.59. The highest BCUT2D eigenvalue weighted by atomic mass is 16.4. The van der Waals surface area contributed by atoms with Crippen LogP contribution in [0.5, 0.6) is 0 Å². The molecule has 1 heterocycles. The minimum atomic E-state index is -1.61. The molecule has 2 N–H and O–H groups in total. The van der Waals surface area contributed by atoms with E-state index in [1.165, 1.54) is 6.20 Å². The molecule has 5 heteroatoms. The van der Waals surface area contributed by atoms with E-state index in [-0.39, 0.29) is 0 Å². The molecule has 0 aliphatic heterocycles. The number of rotatable bonds is 3. The summed E-state index contributed by atoms with van der Waals surface area (Å²) in [5, 5.41) is 17.7. The van der Waals surface area contributed by atoms with Crippen LogP contribution in [0.15, 0.2) is 24.5 Å². The summed E-state index contributed by atoms with van der Waals surface area (Å²) in [5.74, 6) is -3.19. The minimum absolute atomic E-state index is 0.310. The highest BCUT2D eigenvalue weighted by Gasteiger charge is 2.10. The monoisotopic (exact) mass is 207 g/mol. The standard InChI is InChI=1S/C10H9NO4/c1-6-2-7(5-11-4-6)8(12)3-9(13)10(14)15/h2-5,12H,1H3,(H,14,15). The third-order valence-corrected chi connectivity index (χ3v) is 1.65. The zero-order valence-electron chi connectivity index (χ0n) is 7.97. The topological polar surface area (TPSA) is 87.5 Å². The smallest absolute Gasteiger partial charge is 0.376 e. The van der Waals surface area contributed by atoms with Gasteiger partial charge in [0.2, 0.25) is 0 Å². The van der Waals surface area contributed by atoms with Crippen LogP contribution in [0.4, 0.5) is 0 Å². The van der Waals surface area contributed by atoms with E-state index in [9.17, 15) is 14.7 Å². The van der Waals surface area contributed by atoms with Crippen LogP contribution in [0, 0.1) is 6.92 Å². The molecule has 0 atom stereocenters. The molecule has 0 amide bonds. The summed E-state index contributed by atoms with van der Waals surface area (Å²) < 4.78 is 0. The van der Waals surface area contributed by atoms with Crippen LogP contribution in [0.2, 0.25) is 0 Å². The quantitative estimate of drug-likeness (QED) is 0.437. The highest BCUT2D eigenvalue weighted by molar-refractivity contribution is 6.38. The van der Waals surface area contributed by atoms with Gasteiger partial charge in [0.15, 0.2) is 0 Å². The van der Waals surface area contributed by atoms with Crippen molar-refractivity contribution < 1.29 is 19.8 Å². The molecule has 78 valence electrons. The Hall–Kier alpha value is -2.17. The molecular formula is C10H9NO4. The summed E-state index contributed by atoms with van der Waals surface area (Å²) in [4.78, 5) is 24.8. The summed E-state index contributed by atoms with van der Waals surface area (Å²) in [7, 11) is 0. The van der Waals surface area contributed by atoms with Crippen molar-refractivity contribution in [2.45, 2.75) is 6.92 Å². The maximum Gasteiger partial charge on any atom is 0.376 e. The van der Waals surface area contributed by atoms with E-state index in [1.807, 2.05) is 0 Å². The number of hydrogen-bond donors (Lipinski definition) is 2. The van der Waals surface area contributed by atoms with Crippen molar-refractivity contribution in [2.75, 3.05) is 0 Å². The van der Waals surface area contributed by atoms with Gasteiger partial charge in [-0.1, -0.05) is 0 Å². The van der Waals surface area contributed by atoms with E-state index in [2.05, 4.69) is 4.98 Å². The summed E-state index contributed by atoms with van der Waals surface area (Å²) in [6.07, 6.45) is 3.57. The number of pyridine rings is 1. The molecule has 0 fully saturated rings. The maximum absolute atomic E-state index is 10.8. The Bertz CT molecular complexity index is 437. The van der Waals surface area contributed by atoms with Crippen molar-refractivity contribution in [3.8, 4) is 0 Å². The number of aliphatic hydroxyl groups excluding tert-OH is 1. The average Bonchev–Trinajstić information content (AvgIpc) is 2.17. The van der Waals surface area contributed by atoms with Gasteiger partial charge >= 0.3 is 5.97 Å². The second-order valence-electron chi connectivity index (χ2n) is 2.95. The number of ketones is 1. The number of aromatic nitrogens is 1. The second kappa shape index (κ2) is 4.36. The SMILES string of the molecule is Cc1cncc(C(O)=CC(=O)C(=O)O)c1. The first-order valence-corrected chi connectivity index (χ1v) is 4.10. The van der Waals surface area contributed by atoms with Gasteiger partial charge in [0.05, 0.1) is 0 Å². The van der Waals surface area contributed by atoms with Crippen LogP contribution in [0.1, 0.15) is 11.1 Å². The first-order chi connectivity index (χ1) is 7.00. The Morgan fingerprint density at radius 1 is 1.33 bits per heavy atom. The van der Waals surface area contributed by atoms with Gasteiger partial charge in [-0.2, -0.15) is 0 Å². The lowest BCUT2D eigenvalue weighted by Gasteiger charge is -1.99. The molecule has 0 aliphatic carbocycles. The number of carboxylic acids is 1. The van der Waals surface area contributed by atoms with Crippen molar-refractivity contribution in [1.29, 1.82) is 0 Å². The normalized spacial score (nSPS) is 11.1. The van der Waals surface area contributed by atoms with Crippen LogP contribution in [0.25, 0.3) is 5.76 Å². The van der Waals surface area contributed by atoms with Crippen LogP contribution < -0.4 is 0 Å².